The van der Waals surface area contributed by atoms with Crippen molar-refractivity contribution >= 4 is 22.9 Å². The Morgan fingerprint density at radius 1 is 1.13 bits per heavy atom. The molecule has 7 heteroatoms. The second-order valence-electron chi connectivity index (χ2n) is 6.75. The molecule has 156 valence electrons. The SMILES string of the molecule is COc1ccc(-c2oc3ccc(NCC=N)cc3c(=O)c2OCc2ccccc2)cn1. The highest BCUT2D eigenvalue weighted by atomic mass is 16.5. The Hall–Kier alpha value is -4.13. The van der Waals surface area contributed by atoms with Gasteiger partial charge in [-0.3, -0.25) is 4.79 Å². The number of aromatic nitrogens is 1. The van der Waals surface area contributed by atoms with Crippen LogP contribution in [-0.4, -0.2) is 24.9 Å². The maximum atomic E-state index is 13.4. The van der Waals surface area contributed by atoms with Gasteiger partial charge < -0.3 is 24.6 Å². The summed E-state index contributed by atoms with van der Waals surface area (Å²) in [6, 6.07) is 18.3. The van der Waals surface area contributed by atoms with Gasteiger partial charge in [0.15, 0.2) is 5.76 Å². The van der Waals surface area contributed by atoms with Gasteiger partial charge in [-0.15, -0.1) is 0 Å². The second-order valence-corrected chi connectivity index (χ2v) is 6.75. The largest absolute Gasteiger partial charge is 0.481 e. The Kier molecular flexibility index (Phi) is 5.93. The van der Waals surface area contributed by atoms with Gasteiger partial charge >= 0.3 is 0 Å². The van der Waals surface area contributed by atoms with Crippen LogP contribution < -0.4 is 20.2 Å². The standard InChI is InChI=1S/C24H21N3O4/c1-29-21-10-7-17(14-27-21)23-24(30-15-16-5-3-2-4-6-16)22(28)19-13-18(26-12-11-25)8-9-20(19)31-23/h2-11,13-14,25-26H,12,15H2,1H3. The van der Waals surface area contributed by atoms with Crippen molar-refractivity contribution in [3.63, 3.8) is 0 Å². The molecule has 0 saturated heterocycles. The molecule has 2 N–H and O–H groups in total. The Balaban J connectivity index is 1.82. The van der Waals surface area contributed by atoms with Crippen LogP contribution in [-0.2, 0) is 6.61 Å². The van der Waals surface area contributed by atoms with Crippen molar-refractivity contribution in [3.8, 4) is 23.0 Å². The lowest BCUT2D eigenvalue weighted by Crippen LogP contribution is -2.11. The van der Waals surface area contributed by atoms with Gasteiger partial charge in [-0.2, -0.15) is 0 Å². The second kappa shape index (κ2) is 9.13. The Bertz CT molecular complexity index is 1250. The number of benzene rings is 2. The zero-order chi connectivity index (χ0) is 21.6. The minimum absolute atomic E-state index is 0.118. The number of pyridine rings is 1. The first-order chi connectivity index (χ1) is 15.2. The van der Waals surface area contributed by atoms with Gasteiger partial charge in [0.1, 0.15) is 12.2 Å². The van der Waals surface area contributed by atoms with E-state index < -0.39 is 0 Å². The van der Waals surface area contributed by atoms with Crippen molar-refractivity contribution in [2.75, 3.05) is 19.0 Å². The van der Waals surface area contributed by atoms with Gasteiger partial charge in [0.25, 0.3) is 0 Å². The van der Waals surface area contributed by atoms with Crippen LogP contribution in [0.3, 0.4) is 0 Å². The zero-order valence-corrected chi connectivity index (χ0v) is 16.9. The fourth-order valence-corrected chi connectivity index (χ4v) is 3.14. The normalized spacial score (nSPS) is 10.6. The molecule has 31 heavy (non-hydrogen) atoms. The van der Waals surface area contributed by atoms with E-state index in [4.69, 9.17) is 19.3 Å². The molecule has 0 atom stereocenters. The van der Waals surface area contributed by atoms with Crippen molar-refractivity contribution in [2.24, 2.45) is 0 Å². The first kappa shape index (κ1) is 20.2. The predicted octanol–water partition coefficient (Wildman–Crippen LogP) is 4.50. The molecule has 0 radical (unpaired) electrons. The van der Waals surface area contributed by atoms with Crippen molar-refractivity contribution in [1.29, 1.82) is 5.41 Å². The van der Waals surface area contributed by atoms with Crippen LogP contribution in [0.25, 0.3) is 22.3 Å². The maximum Gasteiger partial charge on any atom is 0.235 e. The number of ether oxygens (including phenoxy) is 2. The quantitative estimate of drug-likeness (QED) is 0.411. The highest BCUT2D eigenvalue weighted by Gasteiger charge is 2.19. The summed E-state index contributed by atoms with van der Waals surface area (Å²) in [5, 5.41) is 10.6. The summed E-state index contributed by atoms with van der Waals surface area (Å²) in [7, 11) is 1.54. The first-order valence-corrected chi connectivity index (χ1v) is 9.70. The topological polar surface area (TPSA) is 97.4 Å². The monoisotopic (exact) mass is 415 g/mol. The molecule has 7 nitrogen and oxygen atoms in total. The molecule has 0 bridgehead atoms. The van der Waals surface area contributed by atoms with Gasteiger partial charge in [0.05, 0.1) is 12.5 Å². The smallest absolute Gasteiger partial charge is 0.235 e. The minimum Gasteiger partial charge on any atom is -0.481 e. The van der Waals surface area contributed by atoms with E-state index in [0.29, 0.717) is 34.7 Å². The highest BCUT2D eigenvalue weighted by molar-refractivity contribution is 5.85. The molecule has 2 heterocycles. The van der Waals surface area contributed by atoms with Gasteiger partial charge in [-0.25, -0.2) is 4.98 Å². The molecule has 0 unspecified atom stereocenters. The van der Waals surface area contributed by atoms with Crippen molar-refractivity contribution in [1.82, 2.24) is 4.98 Å². The van der Waals surface area contributed by atoms with Crippen LogP contribution in [0.4, 0.5) is 5.69 Å². The van der Waals surface area contributed by atoms with Crippen LogP contribution in [0.1, 0.15) is 5.56 Å². The van der Waals surface area contributed by atoms with Crippen LogP contribution in [0, 0.1) is 5.41 Å². The molecule has 0 spiro atoms. The molecule has 0 fully saturated rings. The average molecular weight is 415 g/mol. The number of fused-ring (bicyclic) bond motifs is 1. The maximum absolute atomic E-state index is 13.4. The number of nitrogens with one attached hydrogen (secondary N) is 2. The fourth-order valence-electron chi connectivity index (χ4n) is 3.14. The van der Waals surface area contributed by atoms with E-state index in [2.05, 4.69) is 10.3 Å². The zero-order valence-electron chi connectivity index (χ0n) is 16.9. The molecule has 0 aliphatic heterocycles. The lowest BCUT2D eigenvalue weighted by Gasteiger charge is -2.13. The van der Waals surface area contributed by atoms with Crippen LogP contribution in [0.15, 0.2) is 76.1 Å². The lowest BCUT2D eigenvalue weighted by molar-refractivity contribution is 0.298. The molecule has 4 aromatic rings. The van der Waals surface area contributed by atoms with Gasteiger partial charge in [0, 0.05) is 36.3 Å². The third-order valence-corrected chi connectivity index (χ3v) is 4.69. The Morgan fingerprint density at radius 2 is 1.97 bits per heavy atom. The third kappa shape index (κ3) is 4.40. The molecule has 2 aromatic carbocycles. The molecule has 2 aromatic heterocycles. The number of rotatable bonds is 8. The first-order valence-electron chi connectivity index (χ1n) is 9.70. The van der Waals surface area contributed by atoms with Crippen LogP contribution in [0.2, 0.25) is 0 Å². The summed E-state index contributed by atoms with van der Waals surface area (Å²) in [4.78, 5) is 17.6. The molecule has 4 rings (SSSR count). The van der Waals surface area contributed by atoms with Crippen molar-refractivity contribution < 1.29 is 13.9 Å². The van der Waals surface area contributed by atoms with Crippen molar-refractivity contribution in [3.05, 3.63) is 82.6 Å². The van der Waals surface area contributed by atoms with E-state index in [1.165, 1.54) is 13.3 Å². The summed E-state index contributed by atoms with van der Waals surface area (Å²) in [5.41, 5.74) is 2.41. The van der Waals surface area contributed by atoms with E-state index in [9.17, 15) is 4.79 Å². The minimum atomic E-state index is -0.276. The molecule has 0 aliphatic rings. The average Bonchev–Trinajstić information content (AvgIpc) is 2.83. The van der Waals surface area contributed by atoms with E-state index in [1.54, 1.807) is 36.5 Å². The molecule has 0 amide bonds. The summed E-state index contributed by atoms with van der Waals surface area (Å²) >= 11 is 0. The molecular formula is C24H21N3O4. The van der Waals surface area contributed by atoms with E-state index in [0.717, 1.165) is 11.3 Å². The summed E-state index contributed by atoms with van der Waals surface area (Å²) in [5.74, 6) is 0.886. The predicted molar refractivity (Wildman–Crippen MR) is 120 cm³/mol. The number of anilines is 1. The summed E-state index contributed by atoms with van der Waals surface area (Å²) in [6.45, 7) is 0.587. The Morgan fingerprint density at radius 3 is 2.68 bits per heavy atom. The lowest BCUT2D eigenvalue weighted by atomic mass is 10.1. The number of nitrogens with zero attached hydrogens (tertiary/aromatic N) is 1. The summed E-state index contributed by atoms with van der Waals surface area (Å²) < 4.78 is 17.2. The third-order valence-electron chi connectivity index (χ3n) is 4.69. The molecule has 0 aliphatic carbocycles. The van der Waals surface area contributed by atoms with Gasteiger partial charge in [0.2, 0.25) is 17.1 Å². The van der Waals surface area contributed by atoms with E-state index in [-0.39, 0.29) is 17.8 Å². The molecule has 0 saturated carbocycles. The highest BCUT2D eigenvalue weighted by Crippen LogP contribution is 2.32. The number of hydrogen-bond donors (Lipinski definition) is 2. The summed E-state index contributed by atoms with van der Waals surface area (Å²) in [6.07, 6.45) is 2.83. The number of methoxy groups -OCH3 is 1. The fraction of sp³-hybridized carbons (Fsp3) is 0.125. The van der Waals surface area contributed by atoms with Crippen molar-refractivity contribution in [2.45, 2.75) is 6.61 Å². The molecular weight excluding hydrogens is 394 g/mol. The number of hydrogen-bond acceptors (Lipinski definition) is 7. The van der Waals surface area contributed by atoms with E-state index >= 15 is 0 Å². The van der Waals surface area contributed by atoms with E-state index in [1.807, 2.05) is 30.3 Å². The van der Waals surface area contributed by atoms with Gasteiger partial charge in [-0.1, -0.05) is 30.3 Å². The van der Waals surface area contributed by atoms with Crippen LogP contribution in [0.5, 0.6) is 11.6 Å². The Labute approximate surface area is 178 Å². The van der Waals surface area contributed by atoms with Crippen LogP contribution >= 0.6 is 0 Å². The van der Waals surface area contributed by atoms with Gasteiger partial charge in [-0.05, 0) is 29.8 Å².